The van der Waals surface area contributed by atoms with Crippen LogP contribution in [0.3, 0.4) is 0 Å². The van der Waals surface area contributed by atoms with E-state index in [0.29, 0.717) is 19.3 Å². The molecule has 0 saturated heterocycles. The Bertz CT molecular complexity index is 1430. The standard InChI is InChI=1S/C77H142O6/c1-4-7-10-13-16-19-22-25-28-30-32-34-36-37-38-39-41-42-44-46-49-52-55-58-61-64-67-70-76(79)82-73-74(72-81-75(78)69-66-63-60-57-54-51-48-27-24-21-18-15-12-9-6-3)83-77(80)71-68-65-62-59-56-53-50-47-45-43-40-35-33-31-29-26-23-20-17-14-11-8-5-2/h23,26-27,30-33,48,74H,4-22,24-25,28-29,34-47,49-73H2,1-3H3/b26-23-,32-30-,33-31-,48-27-. The van der Waals surface area contributed by atoms with Gasteiger partial charge in [0, 0.05) is 19.3 Å². The van der Waals surface area contributed by atoms with Gasteiger partial charge >= 0.3 is 17.9 Å². The number of carbonyl (C=O) groups is 3. The van der Waals surface area contributed by atoms with Crippen molar-refractivity contribution in [3.05, 3.63) is 48.6 Å². The first-order valence-electron chi connectivity index (χ1n) is 37.1. The topological polar surface area (TPSA) is 78.9 Å². The van der Waals surface area contributed by atoms with Crippen molar-refractivity contribution in [1.29, 1.82) is 0 Å². The molecule has 0 aliphatic rings. The minimum absolute atomic E-state index is 0.0726. The summed E-state index contributed by atoms with van der Waals surface area (Å²) < 4.78 is 17.0. The first kappa shape index (κ1) is 80.4. The summed E-state index contributed by atoms with van der Waals surface area (Å²) >= 11 is 0. The SMILES string of the molecule is CCCCCCC/C=C\C/C=C\CCCCCCCCCCCCCC(=O)OC(COC(=O)CCCCCCC/C=C\CCCCCCCC)COC(=O)CCCCCCCCCCCCCCCCC/C=C\CCCCCCCCCC. The monoisotopic (exact) mass is 1160 g/mol. The molecule has 0 radical (unpaired) electrons. The minimum atomic E-state index is -0.778. The van der Waals surface area contributed by atoms with Gasteiger partial charge < -0.3 is 14.2 Å². The van der Waals surface area contributed by atoms with Crippen molar-refractivity contribution in [2.24, 2.45) is 0 Å². The van der Waals surface area contributed by atoms with E-state index < -0.39 is 6.10 Å². The number of hydrogen-bond donors (Lipinski definition) is 0. The van der Waals surface area contributed by atoms with E-state index >= 15 is 0 Å². The number of hydrogen-bond acceptors (Lipinski definition) is 6. The second-order valence-electron chi connectivity index (χ2n) is 25.2. The summed E-state index contributed by atoms with van der Waals surface area (Å²) in [7, 11) is 0. The van der Waals surface area contributed by atoms with Crippen molar-refractivity contribution in [1.82, 2.24) is 0 Å². The summed E-state index contributed by atoms with van der Waals surface area (Å²) in [6, 6.07) is 0. The molecule has 0 bridgehead atoms. The van der Waals surface area contributed by atoms with Crippen LogP contribution < -0.4 is 0 Å². The van der Waals surface area contributed by atoms with Crippen LogP contribution in [0, 0.1) is 0 Å². The summed E-state index contributed by atoms with van der Waals surface area (Å²) in [5, 5.41) is 0. The molecular weight excluding hydrogens is 1020 g/mol. The Balaban J connectivity index is 4.26. The summed E-state index contributed by atoms with van der Waals surface area (Å²) in [4.78, 5) is 38.5. The highest BCUT2D eigenvalue weighted by Gasteiger charge is 2.19. The number of esters is 3. The third kappa shape index (κ3) is 70.0. The molecule has 0 aromatic rings. The normalized spacial score (nSPS) is 12.3. The Hall–Kier alpha value is -2.63. The van der Waals surface area contributed by atoms with E-state index in [2.05, 4.69) is 69.4 Å². The third-order valence-corrected chi connectivity index (χ3v) is 16.8. The smallest absolute Gasteiger partial charge is 0.306 e. The molecule has 0 spiro atoms. The van der Waals surface area contributed by atoms with Crippen molar-refractivity contribution in [2.75, 3.05) is 13.2 Å². The average molecular weight is 1160 g/mol. The molecule has 0 amide bonds. The van der Waals surface area contributed by atoms with Gasteiger partial charge in [-0.25, -0.2) is 0 Å². The zero-order valence-corrected chi connectivity index (χ0v) is 56.0. The van der Waals surface area contributed by atoms with E-state index in [1.54, 1.807) is 0 Å². The molecule has 83 heavy (non-hydrogen) atoms. The van der Waals surface area contributed by atoms with Crippen LogP contribution >= 0.6 is 0 Å². The van der Waals surface area contributed by atoms with E-state index in [0.717, 1.165) is 70.6 Å². The van der Waals surface area contributed by atoms with Crippen molar-refractivity contribution in [2.45, 2.75) is 412 Å². The Morgan fingerprint density at radius 1 is 0.241 bits per heavy atom. The van der Waals surface area contributed by atoms with E-state index in [4.69, 9.17) is 14.2 Å². The lowest BCUT2D eigenvalue weighted by Crippen LogP contribution is -2.30. The molecule has 1 unspecified atom stereocenters. The molecule has 0 aliphatic carbocycles. The van der Waals surface area contributed by atoms with Gasteiger partial charge in [-0.1, -0.05) is 333 Å². The quantitative estimate of drug-likeness (QED) is 0.0261. The maximum Gasteiger partial charge on any atom is 0.306 e. The molecule has 0 aliphatic heterocycles. The largest absolute Gasteiger partial charge is 0.462 e. The number of allylic oxidation sites excluding steroid dienone is 8. The highest BCUT2D eigenvalue weighted by molar-refractivity contribution is 5.71. The van der Waals surface area contributed by atoms with Gasteiger partial charge in [-0.2, -0.15) is 0 Å². The maximum atomic E-state index is 13.0. The summed E-state index contributed by atoms with van der Waals surface area (Å²) in [5.74, 6) is -0.856. The molecule has 486 valence electrons. The van der Waals surface area contributed by atoms with E-state index in [-0.39, 0.29) is 31.1 Å². The van der Waals surface area contributed by atoms with Crippen molar-refractivity contribution < 1.29 is 28.6 Å². The van der Waals surface area contributed by atoms with Gasteiger partial charge in [-0.15, -0.1) is 0 Å². The van der Waals surface area contributed by atoms with Crippen molar-refractivity contribution >= 4 is 17.9 Å². The van der Waals surface area contributed by atoms with Crippen molar-refractivity contribution in [3.8, 4) is 0 Å². The van der Waals surface area contributed by atoms with Gasteiger partial charge in [-0.05, 0) is 103 Å². The van der Waals surface area contributed by atoms with Gasteiger partial charge in [0.05, 0.1) is 0 Å². The van der Waals surface area contributed by atoms with Crippen LogP contribution in [0.25, 0.3) is 0 Å². The molecule has 6 nitrogen and oxygen atoms in total. The van der Waals surface area contributed by atoms with Crippen LogP contribution in [0.1, 0.15) is 406 Å². The van der Waals surface area contributed by atoms with E-state index in [1.165, 1.54) is 295 Å². The van der Waals surface area contributed by atoms with Gasteiger partial charge in [-0.3, -0.25) is 14.4 Å². The predicted molar refractivity (Wildman–Crippen MR) is 362 cm³/mol. The summed E-state index contributed by atoms with van der Waals surface area (Å²) in [6.45, 7) is 6.69. The van der Waals surface area contributed by atoms with Crippen LogP contribution in [0.4, 0.5) is 0 Å². The molecule has 1 atom stereocenters. The Morgan fingerprint density at radius 2 is 0.434 bits per heavy atom. The van der Waals surface area contributed by atoms with Crippen molar-refractivity contribution in [3.63, 3.8) is 0 Å². The number of ether oxygens (including phenoxy) is 3. The van der Waals surface area contributed by atoms with Crippen LogP contribution in [-0.2, 0) is 28.6 Å². The Kier molecular flexibility index (Phi) is 69.6. The van der Waals surface area contributed by atoms with Gasteiger partial charge in [0.2, 0.25) is 0 Å². The van der Waals surface area contributed by atoms with E-state index in [9.17, 15) is 14.4 Å². The predicted octanol–water partition coefficient (Wildman–Crippen LogP) is 25.7. The molecule has 0 rings (SSSR count). The average Bonchev–Trinajstić information content (AvgIpc) is 3.49. The first-order chi connectivity index (χ1) is 41.0. The fraction of sp³-hybridized carbons (Fsp3) is 0.857. The lowest BCUT2D eigenvalue weighted by atomic mass is 10.0. The molecule has 0 aromatic heterocycles. The zero-order valence-electron chi connectivity index (χ0n) is 56.0. The van der Waals surface area contributed by atoms with E-state index in [1.807, 2.05) is 0 Å². The molecule has 0 heterocycles. The van der Waals surface area contributed by atoms with Gasteiger partial charge in [0.1, 0.15) is 13.2 Å². The molecular formula is C77H142O6. The highest BCUT2D eigenvalue weighted by Crippen LogP contribution is 2.18. The van der Waals surface area contributed by atoms with Gasteiger partial charge in [0.15, 0.2) is 6.10 Å². The molecule has 6 heteroatoms. The molecule has 0 aromatic carbocycles. The first-order valence-corrected chi connectivity index (χ1v) is 37.1. The maximum absolute atomic E-state index is 13.0. The Labute approximate surface area is 518 Å². The van der Waals surface area contributed by atoms with Crippen LogP contribution in [0.15, 0.2) is 48.6 Å². The highest BCUT2D eigenvalue weighted by atomic mass is 16.6. The molecule has 0 N–H and O–H groups in total. The zero-order chi connectivity index (χ0) is 59.9. The minimum Gasteiger partial charge on any atom is -0.462 e. The fourth-order valence-corrected chi connectivity index (χ4v) is 11.2. The summed E-state index contributed by atoms with van der Waals surface area (Å²) in [6.07, 6.45) is 91.5. The van der Waals surface area contributed by atoms with Gasteiger partial charge in [0.25, 0.3) is 0 Å². The van der Waals surface area contributed by atoms with Crippen LogP contribution in [0.5, 0.6) is 0 Å². The lowest BCUT2D eigenvalue weighted by molar-refractivity contribution is -0.167. The molecule has 0 saturated carbocycles. The number of unbranched alkanes of at least 4 members (excludes halogenated alkanes) is 50. The fourth-order valence-electron chi connectivity index (χ4n) is 11.2. The number of rotatable bonds is 69. The molecule has 0 fully saturated rings. The second-order valence-corrected chi connectivity index (χ2v) is 25.2. The summed E-state index contributed by atoms with van der Waals surface area (Å²) in [5.41, 5.74) is 0. The van der Waals surface area contributed by atoms with Crippen LogP contribution in [0.2, 0.25) is 0 Å². The lowest BCUT2D eigenvalue weighted by Gasteiger charge is -2.18. The number of carbonyl (C=O) groups excluding carboxylic acids is 3. The third-order valence-electron chi connectivity index (χ3n) is 16.8. The Morgan fingerprint density at radius 3 is 0.675 bits per heavy atom. The second kappa shape index (κ2) is 71.8. The van der Waals surface area contributed by atoms with Crippen LogP contribution in [-0.4, -0.2) is 37.2 Å².